The van der Waals surface area contributed by atoms with Crippen LogP contribution in [-0.2, 0) is 18.5 Å². The number of rotatable bonds is 6. The minimum atomic E-state index is -0.0744. The molecule has 4 nitrogen and oxygen atoms in total. The number of thiazole rings is 1. The molecule has 5 rings (SSSR count). The fraction of sp³-hybridized carbons (Fsp3) is 0.240. The van der Waals surface area contributed by atoms with E-state index >= 15 is 0 Å². The third kappa shape index (κ3) is 4.13. The summed E-state index contributed by atoms with van der Waals surface area (Å²) in [6, 6.07) is 14.1. The monoisotopic (exact) mass is 480 g/mol. The highest BCUT2D eigenvalue weighted by molar-refractivity contribution is 7.07. The highest BCUT2D eigenvalue weighted by Gasteiger charge is 2.43. The van der Waals surface area contributed by atoms with Crippen molar-refractivity contribution in [1.82, 2.24) is 14.5 Å². The zero-order chi connectivity index (χ0) is 22.0. The molecule has 0 saturated heterocycles. The summed E-state index contributed by atoms with van der Waals surface area (Å²) >= 11 is 14.3. The fourth-order valence-corrected chi connectivity index (χ4v) is 5.62. The minimum Gasteiger partial charge on any atom is -0.316 e. The Hall–Kier alpha value is -2.47. The summed E-state index contributed by atoms with van der Waals surface area (Å²) in [5, 5.41) is 3.46. The van der Waals surface area contributed by atoms with Crippen molar-refractivity contribution in [3.63, 3.8) is 0 Å². The van der Waals surface area contributed by atoms with E-state index in [0.29, 0.717) is 16.6 Å². The first-order valence-corrected chi connectivity index (χ1v) is 12.2. The van der Waals surface area contributed by atoms with E-state index in [1.54, 1.807) is 23.7 Å². The second-order valence-corrected chi connectivity index (χ2v) is 9.74. The first-order chi connectivity index (χ1) is 15.7. The van der Waals surface area contributed by atoms with Gasteiger partial charge in [-0.3, -0.25) is 15.0 Å². The molecular weight excluding hydrogens is 459 g/mol. The fourth-order valence-electron chi connectivity index (χ4n) is 4.33. The van der Waals surface area contributed by atoms with Crippen LogP contribution in [0.25, 0.3) is 0 Å². The zero-order valence-electron chi connectivity index (χ0n) is 17.4. The Morgan fingerprint density at radius 1 is 0.969 bits per heavy atom. The Morgan fingerprint density at radius 2 is 1.72 bits per heavy atom. The van der Waals surface area contributed by atoms with Crippen molar-refractivity contribution in [3.8, 4) is 0 Å². The largest absolute Gasteiger partial charge is 0.316 e. The smallest absolute Gasteiger partial charge is 0.185 e. The molecule has 3 aromatic heterocycles. The number of hydrogen-bond donors (Lipinski definition) is 0. The van der Waals surface area contributed by atoms with Crippen LogP contribution in [0, 0.1) is 0 Å². The summed E-state index contributed by atoms with van der Waals surface area (Å²) in [5.41, 5.74) is 4.67. The van der Waals surface area contributed by atoms with Gasteiger partial charge in [0.2, 0.25) is 0 Å². The quantitative estimate of drug-likeness (QED) is 0.326. The summed E-state index contributed by atoms with van der Waals surface area (Å²) in [4.78, 5) is 14.5. The van der Waals surface area contributed by atoms with Gasteiger partial charge in [-0.25, -0.2) is 0 Å². The lowest BCUT2D eigenvalue weighted by Crippen LogP contribution is -2.39. The van der Waals surface area contributed by atoms with E-state index < -0.39 is 0 Å². The zero-order valence-corrected chi connectivity index (χ0v) is 19.7. The molecular formula is C25H22Cl2N4S. The average molecular weight is 481 g/mol. The van der Waals surface area contributed by atoms with Crippen LogP contribution >= 0.6 is 34.5 Å². The second kappa shape index (κ2) is 9.18. The third-order valence-corrected chi connectivity index (χ3v) is 7.79. The molecule has 1 aliphatic rings. The normalized spacial score (nSPS) is 15.5. The lowest BCUT2D eigenvalue weighted by atomic mass is 9.62. The topological polar surface area (TPSA) is 43.1 Å². The van der Waals surface area contributed by atoms with Crippen molar-refractivity contribution in [2.75, 3.05) is 0 Å². The Labute approximate surface area is 201 Å². The molecule has 0 bridgehead atoms. The summed E-state index contributed by atoms with van der Waals surface area (Å²) in [6.07, 6.45) is 10.7. The lowest BCUT2D eigenvalue weighted by molar-refractivity contribution is 0.284. The van der Waals surface area contributed by atoms with Gasteiger partial charge in [-0.15, -0.1) is 11.3 Å². The van der Waals surface area contributed by atoms with Gasteiger partial charge in [0.1, 0.15) is 0 Å². The van der Waals surface area contributed by atoms with Gasteiger partial charge in [-0.2, -0.15) is 0 Å². The maximum atomic E-state index is 6.41. The van der Waals surface area contributed by atoms with Crippen LogP contribution in [0.3, 0.4) is 0 Å². The summed E-state index contributed by atoms with van der Waals surface area (Å²) < 4.78 is 2.35. The molecule has 1 aromatic carbocycles. The van der Waals surface area contributed by atoms with Gasteiger partial charge in [0.05, 0.1) is 23.1 Å². The number of halogens is 2. The first kappa shape index (κ1) is 21.4. The van der Waals surface area contributed by atoms with E-state index in [0.717, 1.165) is 35.3 Å². The van der Waals surface area contributed by atoms with Crippen molar-refractivity contribution in [2.45, 2.75) is 37.8 Å². The third-order valence-electron chi connectivity index (χ3n) is 6.15. The van der Waals surface area contributed by atoms with Gasteiger partial charge in [0.15, 0.2) is 4.80 Å². The van der Waals surface area contributed by atoms with E-state index in [9.17, 15) is 0 Å². The Morgan fingerprint density at radius 3 is 2.34 bits per heavy atom. The van der Waals surface area contributed by atoms with Crippen LogP contribution in [0.15, 0.2) is 77.6 Å². The molecule has 0 radical (unpaired) electrons. The molecule has 1 fully saturated rings. The van der Waals surface area contributed by atoms with Crippen LogP contribution in [0.4, 0.5) is 0 Å². The van der Waals surface area contributed by atoms with Gasteiger partial charge in [0, 0.05) is 41.3 Å². The van der Waals surface area contributed by atoms with E-state index in [-0.39, 0.29) is 5.41 Å². The Bertz CT molecular complexity index is 1280. The van der Waals surface area contributed by atoms with Gasteiger partial charge in [0.25, 0.3) is 0 Å². The predicted molar refractivity (Wildman–Crippen MR) is 130 cm³/mol. The molecule has 0 unspecified atom stereocenters. The molecule has 162 valence electrons. The van der Waals surface area contributed by atoms with E-state index in [1.165, 1.54) is 17.7 Å². The van der Waals surface area contributed by atoms with Gasteiger partial charge >= 0.3 is 0 Å². The molecule has 0 N–H and O–H groups in total. The van der Waals surface area contributed by atoms with Crippen LogP contribution < -0.4 is 4.80 Å². The van der Waals surface area contributed by atoms with Crippen molar-refractivity contribution in [2.24, 2.45) is 4.99 Å². The van der Waals surface area contributed by atoms with E-state index in [4.69, 9.17) is 28.2 Å². The SMILES string of the molecule is Clc1ccc(C2(c3cs/c(=N\Cc4cccnc4)n3Cc3cccnc3)CCC2)cc1Cl. The Balaban J connectivity index is 1.61. The standard InChI is InChI=1S/C25H22Cl2N4S/c26-21-7-6-20(12-22(21)27)25(8-3-9-25)23-17-32-24(30-15-18-4-1-10-28-13-18)31(23)16-19-5-2-11-29-14-19/h1-2,4-7,10-14,17H,3,8-9,15-16H2/b30-24-. The summed E-state index contributed by atoms with van der Waals surface area (Å²) in [7, 11) is 0. The molecule has 7 heteroatoms. The summed E-state index contributed by atoms with van der Waals surface area (Å²) in [5.74, 6) is 0. The average Bonchev–Trinajstić information content (AvgIpc) is 3.18. The highest BCUT2D eigenvalue weighted by atomic mass is 35.5. The molecule has 0 aliphatic heterocycles. The molecule has 3 heterocycles. The molecule has 1 saturated carbocycles. The molecule has 1 aliphatic carbocycles. The summed E-state index contributed by atoms with van der Waals surface area (Å²) in [6.45, 7) is 1.32. The molecule has 32 heavy (non-hydrogen) atoms. The van der Waals surface area contributed by atoms with Crippen molar-refractivity contribution in [3.05, 3.63) is 110 Å². The molecule has 0 amide bonds. The molecule has 0 spiro atoms. The Kier molecular flexibility index (Phi) is 6.13. The molecule has 0 atom stereocenters. The lowest BCUT2D eigenvalue weighted by Gasteiger charge is -2.43. The van der Waals surface area contributed by atoms with E-state index in [1.807, 2.05) is 36.7 Å². The number of nitrogens with zero attached hydrogens (tertiary/aromatic N) is 4. The van der Waals surface area contributed by atoms with Crippen LogP contribution in [0.1, 0.15) is 41.6 Å². The van der Waals surface area contributed by atoms with Gasteiger partial charge in [-0.05, 0) is 53.8 Å². The highest BCUT2D eigenvalue weighted by Crippen LogP contribution is 2.50. The van der Waals surface area contributed by atoms with Crippen molar-refractivity contribution in [1.29, 1.82) is 0 Å². The van der Waals surface area contributed by atoms with Gasteiger partial charge < -0.3 is 4.57 Å². The van der Waals surface area contributed by atoms with Crippen LogP contribution in [-0.4, -0.2) is 14.5 Å². The van der Waals surface area contributed by atoms with E-state index in [2.05, 4.69) is 38.1 Å². The first-order valence-electron chi connectivity index (χ1n) is 10.6. The van der Waals surface area contributed by atoms with Crippen molar-refractivity contribution < 1.29 is 0 Å². The predicted octanol–water partition coefficient (Wildman–Crippen LogP) is 6.27. The number of hydrogen-bond acceptors (Lipinski definition) is 4. The van der Waals surface area contributed by atoms with Crippen molar-refractivity contribution >= 4 is 34.5 Å². The maximum absolute atomic E-state index is 6.41. The molecule has 4 aromatic rings. The minimum absolute atomic E-state index is 0.0744. The second-order valence-electron chi connectivity index (χ2n) is 8.09. The van der Waals surface area contributed by atoms with Gasteiger partial charge in [-0.1, -0.05) is 47.8 Å². The van der Waals surface area contributed by atoms with Crippen LogP contribution in [0.5, 0.6) is 0 Å². The number of pyridine rings is 2. The maximum Gasteiger partial charge on any atom is 0.185 e. The van der Waals surface area contributed by atoms with Crippen LogP contribution in [0.2, 0.25) is 10.0 Å². The number of benzene rings is 1. The number of aromatic nitrogens is 3.